The predicted octanol–water partition coefficient (Wildman–Crippen LogP) is 15.3. The lowest BCUT2D eigenvalue weighted by atomic mass is 9.27. The number of aromatic hydroxyl groups is 1. The second-order valence-electron chi connectivity index (χ2n) is 29.9. The molecular weight excluding hydrogens is 1030 g/mol. The van der Waals surface area contributed by atoms with Gasteiger partial charge in [0.2, 0.25) is 0 Å². The van der Waals surface area contributed by atoms with Crippen LogP contribution >= 0.6 is 0 Å². The Morgan fingerprint density at radius 2 is 1.56 bits per heavy atom. The van der Waals surface area contributed by atoms with E-state index in [4.69, 9.17) is 11.3 Å². The first-order valence-electron chi connectivity index (χ1n) is 33.2. The molecule has 84 heavy (non-hydrogen) atoms. The highest BCUT2D eigenvalue weighted by atomic mass is 16.5. The molecule has 0 aromatic heterocycles. The van der Waals surface area contributed by atoms with Crippen molar-refractivity contribution in [1.29, 1.82) is 0 Å². The van der Waals surface area contributed by atoms with Crippen LogP contribution in [0.5, 0.6) is 5.75 Å². The van der Waals surface area contributed by atoms with Crippen molar-refractivity contribution in [2.75, 3.05) is 13.7 Å². The van der Waals surface area contributed by atoms with Gasteiger partial charge in [0.15, 0.2) is 0 Å². The summed E-state index contributed by atoms with van der Waals surface area (Å²) in [7, 11) is 1.77. The molecule has 1 spiro atoms. The topological polar surface area (TPSA) is 107 Å². The third-order valence-electron chi connectivity index (χ3n) is 26.5. The molecule has 6 nitrogen and oxygen atoms in total. The number of aliphatic carboxylic acids is 1. The molecule has 10 aliphatic carbocycles. The lowest BCUT2D eigenvalue weighted by molar-refractivity contribution is -0.198. The number of phenols is 1. The lowest BCUT2D eigenvalue weighted by Crippen LogP contribution is -2.70. The van der Waals surface area contributed by atoms with Crippen LogP contribution in [0.1, 0.15) is 159 Å². The normalized spacial score (nSPS) is 37.0. The smallest absolute Gasteiger partial charge is 0.306 e. The van der Waals surface area contributed by atoms with Crippen LogP contribution in [0.2, 0.25) is 0 Å². The number of rotatable bonds is 15. The van der Waals surface area contributed by atoms with Crippen LogP contribution in [0.25, 0.3) is 22.8 Å². The molecular formula is C78H94O6. The molecule has 4 bridgehead atoms. The summed E-state index contributed by atoms with van der Waals surface area (Å²) in [5.41, 5.74) is 11.7. The van der Waals surface area contributed by atoms with E-state index in [1.54, 1.807) is 30.4 Å². The Bertz CT molecular complexity index is 3440. The number of hydrogen-bond donors (Lipinski definition) is 4. The third kappa shape index (κ3) is 8.49. The number of fused-ring (bicyclic) bond motifs is 2. The van der Waals surface area contributed by atoms with Gasteiger partial charge in [0.05, 0.1) is 24.7 Å². The summed E-state index contributed by atoms with van der Waals surface area (Å²) in [6.07, 6.45) is 31.4. The first kappa shape index (κ1) is 56.5. The maximum Gasteiger partial charge on any atom is 0.306 e. The van der Waals surface area contributed by atoms with Crippen LogP contribution in [-0.2, 0) is 28.8 Å². The zero-order valence-corrected chi connectivity index (χ0v) is 50.9. The van der Waals surface area contributed by atoms with E-state index < -0.39 is 40.3 Å². The minimum Gasteiger partial charge on any atom is -0.508 e. The number of hydrogen-bond acceptors (Lipinski definition) is 5. The Balaban J connectivity index is 0.919. The van der Waals surface area contributed by atoms with Crippen molar-refractivity contribution in [3.05, 3.63) is 171 Å². The Morgan fingerprint density at radius 3 is 2.32 bits per heavy atom. The van der Waals surface area contributed by atoms with Crippen LogP contribution in [-0.4, -0.2) is 52.3 Å². The van der Waals surface area contributed by atoms with E-state index in [-0.39, 0.29) is 45.7 Å². The van der Waals surface area contributed by atoms with Crippen LogP contribution in [0.3, 0.4) is 0 Å². The van der Waals surface area contributed by atoms with Crippen LogP contribution in [0.4, 0.5) is 0 Å². The van der Waals surface area contributed by atoms with Gasteiger partial charge >= 0.3 is 5.97 Å². The first-order valence-corrected chi connectivity index (χ1v) is 33.2. The summed E-state index contributed by atoms with van der Waals surface area (Å²) in [4.78, 5) is 14.5. The molecule has 14 rings (SSSR count). The average Bonchev–Trinajstić information content (AvgIpc) is 1.09. The van der Waals surface area contributed by atoms with E-state index in [0.29, 0.717) is 37.0 Å². The van der Waals surface area contributed by atoms with Gasteiger partial charge in [-0.05, 0) is 224 Å². The van der Waals surface area contributed by atoms with Crippen molar-refractivity contribution in [2.24, 2.45) is 79.8 Å². The largest absolute Gasteiger partial charge is 0.508 e. The molecule has 0 heterocycles. The molecule has 4 aromatic carbocycles. The summed E-state index contributed by atoms with van der Waals surface area (Å²) < 4.78 is 5.42. The number of carboxylic acids is 1. The summed E-state index contributed by atoms with van der Waals surface area (Å²) >= 11 is 0. The SMILES string of the molecule is C=C(CCC(C(=O)O)C1C(O)CC23C4=C(CC(CCC25CCC(Cc2ccc(CCOC)cc2)CC5)C13C)C12CCC(O)C3(C)CC=CC(C=C5C(Cc6cccc(-c7ccc(O)cc7)c6)=c6ccccc6=CC51)(C4)C32)C(C)C1CCCCC1. The zero-order valence-electron chi connectivity index (χ0n) is 50.9. The van der Waals surface area contributed by atoms with Gasteiger partial charge in [0, 0.05) is 40.6 Å². The predicted molar refractivity (Wildman–Crippen MR) is 337 cm³/mol. The van der Waals surface area contributed by atoms with Crippen LogP contribution in [0.15, 0.2) is 144 Å². The molecule has 0 aliphatic heterocycles. The quantitative estimate of drug-likeness (QED) is 0.0884. The van der Waals surface area contributed by atoms with Crippen molar-refractivity contribution in [1.82, 2.24) is 0 Å². The van der Waals surface area contributed by atoms with Gasteiger partial charge in [-0.3, -0.25) is 4.79 Å². The highest BCUT2D eigenvalue weighted by Crippen LogP contribution is 2.86. The molecule has 13 unspecified atom stereocenters. The summed E-state index contributed by atoms with van der Waals surface area (Å²) in [5.74, 6) is 0.545. The van der Waals surface area contributed by atoms with Gasteiger partial charge in [0.1, 0.15) is 5.75 Å². The molecule has 0 saturated heterocycles. The van der Waals surface area contributed by atoms with Gasteiger partial charge in [-0.25, -0.2) is 0 Å². The molecule has 6 heteroatoms. The zero-order chi connectivity index (χ0) is 58.0. The van der Waals surface area contributed by atoms with Gasteiger partial charge in [-0.1, -0.05) is 173 Å². The Kier molecular flexibility index (Phi) is 14.3. The molecule has 4 aromatic rings. The lowest BCUT2D eigenvalue weighted by Gasteiger charge is -2.76. The Labute approximate surface area is 501 Å². The van der Waals surface area contributed by atoms with Crippen molar-refractivity contribution in [2.45, 2.75) is 174 Å². The van der Waals surface area contributed by atoms with E-state index in [1.807, 2.05) is 12.1 Å². The highest BCUT2D eigenvalue weighted by molar-refractivity contribution is 5.77. The number of allylic oxidation sites excluding steroid dienone is 7. The number of phenolic OH excluding ortho intramolecular Hbond substituents is 1. The van der Waals surface area contributed by atoms with Gasteiger partial charge < -0.3 is 25.2 Å². The molecule has 0 amide bonds. The number of aliphatic hydroxyl groups excluding tert-OH is 2. The Morgan fingerprint density at radius 1 is 0.810 bits per heavy atom. The van der Waals surface area contributed by atoms with E-state index in [0.717, 1.165) is 108 Å². The van der Waals surface area contributed by atoms with Crippen LogP contribution < -0.4 is 10.4 Å². The summed E-state index contributed by atoms with van der Waals surface area (Å²) in [6, 6.07) is 35.0. The highest BCUT2D eigenvalue weighted by Gasteiger charge is 2.80. The van der Waals surface area contributed by atoms with E-state index >= 15 is 0 Å². The number of benzene rings is 4. The van der Waals surface area contributed by atoms with Crippen LogP contribution in [0, 0.1) is 79.8 Å². The minimum absolute atomic E-state index is 0.0862. The molecule has 442 valence electrons. The number of aliphatic hydroxyl groups is 2. The number of ether oxygens (including phenoxy) is 1. The van der Waals surface area contributed by atoms with Crippen molar-refractivity contribution in [3.8, 4) is 16.9 Å². The molecule has 10 aliphatic rings. The Hall–Kier alpha value is -5.27. The van der Waals surface area contributed by atoms with E-state index in [1.165, 1.54) is 76.0 Å². The monoisotopic (exact) mass is 1130 g/mol. The maximum atomic E-state index is 14.5. The van der Waals surface area contributed by atoms with Crippen molar-refractivity contribution in [3.63, 3.8) is 0 Å². The van der Waals surface area contributed by atoms with E-state index in [9.17, 15) is 25.2 Å². The molecule has 5 fully saturated rings. The summed E-state index contributed by atoms with van der Waals surface area (Å²) in [5, 5.41) is 51.0. The van der Waals surface area contributed by atoms with Gasteiger partial charge in [-0.15, -0.1) is 0 Å². The fourth-order valence-electron chi connectivity index (χ4n) is 22.8. The first-order chi connectivity index (χ1) is 40.6. The van der Waals surface area contributed by atoms with E-state index in [2.05, 4.69) is 118 Å². The second-order valence-corrected chi connectivity index (χ2v) is 29.9. The minimum atomic E-state index is -0.733. The maximum absolute atomic E-state index is 14.5. The molecule has 4 N–H and O–H groups in total. The molecule has 13 atom stereocenters. The fraction of sp³-hybridized carbons (Fsp3) is 0.551. The molecule has 5 saturated carbocycles. The fourth-order valence-corrected chi connectivity index (χ4v) is 22.8. The van der Waals surface area contributed by atoms with Gasteiger partial charge in [-0.2, -0.15) is 0 Å². The van der Waals surface area contributed by atoms with Crippen molar-refractivity contribution >= 4 is 17.6 Å². The summed E-state index contributed by atoms with van der Waals surface area (Å²) in [6.45, 7) is 12.8. The third-order valence-corrected chi connectivity index (χ3v) is 26.5. The standard InChI is InChI=1S/C78H94O6/c1-49(50(2)55-14-7-6-8-15-55)19-28-62(71(82)83)70-68(80)48-78-67-47-75-35-12-34-73(3)69(81)32-39-77(72(73)75,65-44-58-16-9-10-18-61(58)63(64(65)46-75)43-54-13-11-17-57(42-54)56-24-26-60(79)27-25-56)66(67)45-59(74(70,78)4)31-38-76(78)36-29-53(30-37-76)41-52-22-20-51(21-23-52)33-40-84-5/h9-13,16-18,20-27,35,42,44,46,50,53,55,59,62,65,68-70,72,79-81H,1,6-8,14-15,19,28-34,36-41,43,45,47-48H2,2-5H3,(H,82,83). The van der Waals surface area contributed by atoms with Crippen molar-refractivity contribution < 1.29 is 30.0 Å². The number of methoxy groups -OCH3 is 1. The molecule has 0 radical (unpaired) electrons. The average molecular weight is 1130 g/mol. The second kappa shape index (κ2) is 21.3. The number of carbonyl (C=O) groups is 1. The number of carboxylic acid groups (broad SMARTS) is 1. The van der Waals surface area contributed by atoms with Gasteiger partial charge in [0.25, 0.3) is 0 Å².